The fraction of sp³-hybridized carbons (Fsp3) is 0.444. The number of anilines is 1. The Morgan fingerprint density at radius 2 is 2.00 bits per heavy atom. The molecule has 3 N–H and O–H groups in total. The highest BCUT2D eigenvalue weighted by molar-refractivity contribution is 14.0. The van der Waals surface area contributed by atoms with E-state index in [0.717, 1.165) is 17.1 Å². The molecule has 27 heavy (non-hydrogen) atoms. The summed E-state index contributed by atoms with van der Waals surface area (Å²) in [5, 5.41) is 13.4. The molecule has 8 nitrogen and oxygen atoms in total. The lowest BCUT2D eigenvalue weighted by Gasteiger charge is -2.13. The molecule has 0 fully saturated rings. The number of benzene rings is 1. The maximum atomic E-state index is 11.9. The number of hydrogen-bond donors (Lipinski definition) is 3. The minimum absolute atomic E-state index is 0. The van der Waals surface area contributed by atoms with Crippen molar-refractivity contribution < 1.29 is 4.79 Å². The first-order valence-corrected chi connectivity index (χ1v) is 8.64. The van der Waals surface area contributed by atoms with Crippen LogP contribution in [0.4, 0.5) is 5.69 Å². The highest BCUT2D eigenvalue weighted by Crippen LogP contribution is 2.12. The number of guanidine groups is 1. The monoisotopic (exact) mass is 485 g/mol. The van der Waals surface area contributed by atoms with Crippen LogP contribution in [0.3, 0.4) is 0 Å². The fourth-order valence-electron chi connectivity index (χ4n) is 2.39. The number of carbonyl (C=O) groups excluding carboxylic acids is 1. The molecule has 0 saturated heterocycles. The van der Waals surface area contributed by atoms with Crippen LogP contribution in [0.2, 0.25) is 0 Å². The molecular weight excluding hydrogens is 457 g/mol. The van der Waals surface area contributed by atoms with Gasteiger partial charge in [0.1, 0.15) is 12.2 Å². The normalized spacial score (nSPS) is 11.1. The SMILES string of the molecule is CN=C(NCc1cccc(NC(=O)CC(C)C)c1)NCc1ncnn1C.I. The van der Waals surface area contributed by atoms with E-state index in [0.29, 0.717) is 31.4 Å². The Balaban J connectivity index is 0.00000364. The van der Waals surface area contributed by atoms with E-state index in [1.54, 1.807) is 11.7 Å². The summed E-state index contributed by atoms with van der Waals surface area (Å²) >= 11 is 0. The van der Waals surface area contributed by atoms with Crippen LogP contribution in [0.5, 0.6) is 0 Å². The van der Waals surface area contributed by atoms with E-state index in [1.165, 1.54) is 6.33 Å². The van der Waals surface area contributed by atoms with Crippen molar-refractivity contribution in [3.63, 3.8) is 0 Å². The number of aromatic nitrogens is 3. The number of aryl methyl sites for hydroxylation is 1. The largest absolute Gasteiger partial charge is 0.352 e. The van der Waals surface area contributed by atoms with Crippen molar-refractivity contribution in [2.45, 2.75) is 33.4 Å². The van der Waals surface area contributed by atoms with E-state index in [1.807, 2.05) is 45.2 Å². The third-order valence-electron chi connectivity index (χ3n) is 3.71. The molecule has 0 aliphatic carbocycles. The lowest BCUT2D eigenvalue weighted by molar-refractivity contribution is -0.116. The fourth-order valence-corrected chi connectivity index (χ4v) is 2.39. The second kappa shape index (κ2) is 11.5. The van der Waals surface area contributed by atoms with Crippen molar-refractivity contribution >= 4 is 41.5 Å². The van der Waals surface area contributed by atoms with Gasteiger partial charge in [0.05, 0.1) is 6.54 Å². The molecule has 2 aromatic rings. The summed E-state index contributed by atoms with van der Waals surface area (Å²) in [6.45, 7) is 5.17. The van der Waals surface area contributed by atoms with Crippen molar-refractivity contribution in [2.75, 3.05) is 12.4 Å². The van der Waals surface area contributed by atoms with Crippen molar-refractivity contribution in [1.29, 1.82) is 0 Å². The Hall–Kier alpha value is -2.17. The number of nitrogens with zero attached hydrogens (tertiary/aromatic N) is 4. The van der Waals surface area contributed by atoms with Gasteiger partial charge in [-0.3, -0.25) is 14.5 Å². The Bertz CT molecular complexity index is 758. The maximum absolute atomic E-state index is 11.9. The van der Waals surface area contributed by atoms with Gasteiger partial charge in [0.25, 0.3) is 0 Å². The number of halogens is 1. The van der Waals surface area contributed by atoms with E-state index in [2.05, 4.69) is 31.0 Å². The third kappa shape index (κ3) is 7.94. The number of aliphatic imine (C=N–C) groups is 1. The first-order chi connectivity index (χ1) is 12.5. The van der Waals surface area contributed by atoms with Gasteiger partial charge in [-0.2, -0.15) is 5.10 Å². The Kier molecular flexibility index (Phi) is 9.76. The zero-order chi connectivity index (χ0) is 18.9. The molecule has 0 radical (unpaired) electrons. The molecule has 1 aromatic carbocycles. The second-order valence-electron chi connectivity index (χ2n) is 6.43. The molecule has 1 aromatic heterocycles. The van der Waals surface area contributed by atoms with Gasteiger partial charge in [-0.25, -0.2) is 4.98 Å². The summed E-state index contributed by atoms with van der Waals surface area (Å²) in [5.41, 5.74) is 1.85. The second-order valence-corrected chi connectivity index (χ2v) is 6.43. The summed E-state index contributed by atoms with van der Waals surface area (Å²) in [5.74, 6) is 1.86. The first kappa shape index (κ1) is 22.9. The van der Waals surface area contributed by atoms with E-state index in [4.69, 9.17) is 0 Å². The number of hydrogen-bond acceptors (Lipinski definition) is 4. The van der Waals surface area contributed by atoms with Crippen LogP contribution in [0.1, 0.15) is 31.7 Å². The van der Waals surface area contributed by atoms with Crippen LogP contribution >= 0.6 is 24.0 Å². The third-order valence-corrected chi connectivity index (χ3v) is 3.71. The van der Waals surface area contributed by atoms with Crippen LogP contribution in [0, 0.1) is 5.92 Å². The standard InChI is InChI=1S/C18H27N7O.HI/c1-13(2)8-17(26)24-15-7-5-6-14(9-15)10-20-18(19-3)21-11-16-22-12-23-25(16)4;/h5-7,9,12-13H,8,10-11H2,1-4H3,(H,24,26)(H2,19,20,21);1H. The molecule has 0 aliphatic rings. The molecule has 0 bridgehead atoms. The van der Waals surface area contributed by atoms with Crippen molar-refractivity contribution in [1.82, 2.24) is 25.4 Å². The van der Waals surface area contributed by atoms with Gasteiger partial charge in [-0.15, -0.1) is 24.0 Å². The minimum atomic E-state index is 0. The molecule has 0 spiro atoms. The number of nitrogens with one attached hydrogen (secondary N) is 3. The average molecular weight is 485 g/mol. The van der Waals surface area contributed by atoms with E-state index in [9.17, 15) is 4.79 Å². The summed E-state index contributed by atoms with van der Waals surface area (Å²) < 4.78 is 1.71. The molecule has 148 valence electrons. The molecule has 0 aliphatic heterocycles. The van der Waals surface area contributed by atoms with E-state index in [-0.39, 0.29) is 29.9 Å². The van der Waals surface area contributed by atoms with Gasteiger partial charge in [0.2, 0.25) is 5.91 Å². The molecule has 1 heterocycles. The quantitative estimate of drug-likeness (QED) is 0.318. The topological polar surface area (TPSA) is 96.2 Å². The highest BCUT2D eigenvalue weighted by Gasteiger charge is 2.06. The minimum Gasteiger partial charge on any atom is -0.352 e. The van der Waals surface area contributed by atoms with Gasteiger partial charge in [0, 0.05) is 32.7 Å². The Morgan fingerprint density at radius 1 is 1.26 bits per heavy atom. The van der Waals surface area contributed by atoms with Gasteiger partial charge in [-0.05, 0) is 23.6 Å². The zero-order valence-electron chi connectivity index (χ0n) is 16.2. The van der Waals surface area contributed by atoms with Crippen LogP contribution < -0.4 is 16.0 Å². The number of carbonyl (C=O) groups is 1. The molecule has 9 heteroatoms. The summed E-state index contributed by atoms with van der Waals surface area (Å²) in [6.07, 6.45) is 2.04. The molecule has 0 unspecified atom stereocenters. The first-order valence-electron chi connectivity index (χ1n) is 8.64. The molecule has 1 amide bonds. The Morgan fingerprint density at radius 3 is 2.63 bits per heavy atom. The molecule has 0 atom stereocenters. The Labute approximate surface area is 177 Å². The number of rotatable bonds is 7. The molecule has 2 rings (SSSR count). The molecule has 0 saturated carbocycles. The summed E-state index contributed by atoms with van der Waals surface area (Å²) in [4.78, 5) is 20.3. The van der Waals surface area contributed by atoms with Crippen molar-refractivity contribution in [3.8, 4) is 0 Å². The van der Waals surface area contributed by atoms with Gasteiger partial charge in [-0.1, -0.05) is 26.0 Å². The van der Waals surface area contributed by atoms with Crippen molar-refractivity contribution in [3.05, 3.63) is 42.0 Å². The maximum Gasteiger partial charge on any atom is 0.224 e. The lowest BCUT2D eigenvalue weighted by Crippen LogP contribution is -2.36. The van der Waals surface area contributed by atoms with E-state index < -0.39 is 0 Å². The zero-order valence-corrected chi connectivity index (χ0v) is 18.5. The predicted molar refractivity (Wildman–Crippen MR) is 118 cm³/mol. The average Bonchev–Trinajstić information content (AvgIpc) is 2.99. The van der Waals surface area contributed by atoms with Crippen LogP contribution in [-0.4, -0.2) is 33.7 Å². The van der Waals surface area contributed by atoms with Crippen molar-refractivity contribution in [2.24, 2.45) is 18.0 Å². The molecular formula is C18H28IN7O. The van der Waals surface area contributed by atoms with Gasteiger partial charge >= 0.3 is 0 Å². The van der Waals surface area contributed by atoms with Gasteiger partial charge in [0.15, 0.2) is 5.96 Å². The summed E-state index contributed by atoms with van der Waals surface area (Å²) in [7, 11) is 3.56. The number of amides is 1. The van der Waals surface area contributed by atoms with Crippen LogP contribution in [-0.2, 0) is 24.9 Å². The van der Waals surface area contributed by atoms with Crippen LogP contribution in [0.25, 0.3) is 0 Å². The van der Waals surface area contributed by atoms with Crippen LogP contribution in [0.15, 0.2) is 35.6 Å². The highest BCUT2D eigenvalue weighted by atomic mass is 127. The smallest absolute Gasteiger partial charge is 0.224 e. The summed E-state index contributed by atoms with van der Waals surface area (Å²) in [6, 6.07) is 7.78. The predicted octanol–water partition coefficient (Wildman–Crippen LogP) is 2.28. The van der Waals surface area contributed by atoms with Gasteiger partial charge < -0.3 is 16.0 Å². The lowest BCUT2D eigenvalue weighted by atomic mass is 10.1. The van der Waals surface area contributed by atoms with E-state index >= 15 is 0 Å².